The quantitative estimate of drug-likeness (QED) is 0.724. The standard InChI is InChI=1S/C10H10N4O2/c1-15-5-9-3-2-8(16-9)4-12-10-13-6-11-7-14-10/h2-4,6-7H,5H2,1H3. The fraction of sp³-hybridized carbons (Fsp3) is 0.200. The number of methoxy groups -OCH3 is 1. The highest BCUT2D eigenvalue weighted by molar-refractivity contribution is 5.77. The van der Waals surface area contributed by atoms with Gasteiger partial charge >= 0.3 is 0 Å². The SMILES string of the molecule is COCc1ccc(C=Nc2ncncn2)o1. The second kappa shape index (κ2) is 5.13. The summed E-state index contributed by atoms with van der Waals surface area (Å²) in [5.74, 6) is 1.73. The predicted molar refractivity (Wildman–Crippen MR) is 56.5 cm³/mol. The van der Waals surface area contributed by atoms with Crippen molar-refractivity contribution in [3.05, 3.63) is 36.3 Å². The van der Waals surface area contributed by atoms with Crippen molar-refractivity contribution in [3.8, 4) is 0 Å². The van der Waals surface area contributed by atoms with Gasteiger partial charge in [0.25, 0.3) is 5.95 Å². The summed E-state index contributed by atoms with van der Waals surface area (Å²) in [5.41, 5.74) is 0. The Bertz CT molecular complexity index is 467. The number of aliphatic imine (C=N–C) groups is 1. The highest BCUT2D eigenvalue weighted by Crippen LogP contribution is 2.08. The molecule has 0 spiro atoms. The predicted octanol–water partition coefficient (Wildman–Crippen LogP) is 1.36. The number of ether oxygens (including phenoxy) is 1. The number of hydrogen-bond acceptors (Lipinski definition) is 6. The van der Waals surface area contributed by atoms with Crippen molar-refractivity contribution in [1.82, 2.24) is 15.0 Å². The second-order valence-electron chi connectivity index (χ2n) is 2.93. The molecule has 0 aromatic carbocycles. The molecule has 2 aromatic rings. The van der Waals surface area contributed by atoms with Crippen molar-refractivity contribution >= 4 is 12.2 Å². The highest BCUT2D eigenvalue weighted by Gasteiger charge is 1.98. The minimum absolute atomic E-state index is 0.347. The Morgan fingerprint density at radius 3 is 2.94 bits per heavy atom. The van der Waals surface area contributed by atoms with Crippen molar-refractivity contribution < 1.29 is 9.15 Å². The van der Waals surface area contributed by atoms with Gasteiger partial charge in [-0.05, 0) is 12.1 Å². The summed E-state index contributed by atoms with van der Waals surface area (Å²) in [5, 5.41) is 0. The van der Waals surface area contributed by atoms with E-state index in [1.807, 2.05) is 6.07 Å². The van der Waals surface area contributed by atoms with Gasteiger partial charge < -0.3 is 9.15 Å². The summed E-state index contributed by atoms with van der Waals surface area (Å²) in [6.45, 7) is 0.444. The monoisotopic (exact) mass is 218 g/mol. The van der Waals surface area contributed by atoms with Gasteiger partial charge in [-0.25, -0.2) is 9.98 Å². The molecule has 0 amide bonds. The van der Waals surface area contributed by atoms with Gasteiger partial charge in [-0.2, -0.15) is 9.97 Å². The van der Waals surface area contributed by atoms with Crippen LogP contribution in [0.15, 0.2) is 34.2 Å². The summed E-state index contributed by atoms with van der Waals surface area (Å²) >= 11 is 0. The van der Waals surface area contributed by atoms with Gasteiger partial charge in [-0.15, -0.1) is 0 Å². The molecule has 2 aromatic heterocycles. The average molecular weight is 218 g/mol. The highest BCUT2D eigenvalue weighted by atomic mass is 16.5. The minimum Gasteiger partial charge on any atom is -0.458 e. The molecule has 0 atom stereocenters. The van der Waals surface area contributed by atoms with E-state index < -0.39 is 0 Å². The van der Waals surface area contributed by atoms with Crippen LogP contribution in [0.5, 0.6) is 0 Å². The number of rotatable bonds is 4. The van der Waals surface area contributed by atoms with E-state index in [0.29, 0.717) is 18.3 Å². The Hall–Kier alpha value is -2.08. The molecule has 0 radical (unpaired) electrons. The Balaban J connectivity index is 2.06. The molecule has 6 nitrogen and oxygen atoms in total. The van der Waals surface area contributed by atoms with Crippen LogP contribution in [0.25, 0.3) is 0 Å². The summed E-state index contributed by atoms with van der Waals surface area (Å²) in [7, 11) is 1.61. The molecule has 0 bridgehead atoms. The number of furan rings is 1. The summed E-state index contributed by atoms with van der Waals surface area (Å²) in [6, 6.07) is 3.64. The molecule has 2 heterocycles. The van der Waals surface area contributed by atoms with E-state index in [1.165, 1.54) is 12.7 Å². The maximum absolute atomic E-state index is 5.40. The smallest absolute Gasteiger partial charge is 0.252 e. The van der Waals surface area contributed by atoms with Crippen LogP contribution in [0.3, 0.4) is 0 Å². The molecule has 6 heteroatoms. The maximum Gasteiger partial charge on any atom is 0.252 e. The number of aromatic nitrogens is 3. The molecular formula is C10H10N4O2. The van der Waals surface area contributed by atoms with Crippen LogP contribution < -0.4 is 0 Å². The van der Waals surface area contributed by atoms with Gasteiger partial charge in [0, 0.05) is 7.11 Å². The van der Waals surface area contributed by atoms with Gasteiger partial charge in [0.1, 0.15) is 30.8 Å². The Morgan fingerprint density at radius 2 is 2.19 bits per heavy atom. The van der Waals surface area contributed by atoms with Gasteiger partial charge in [0.15, 0.2) is 0 Å². The molecule has 0 aliphatic rings. The molecule has 2 rings (SSSR count). The first-order chi connectivity index (χ1) is 7.88. The minimum atomic E-state index is 0.347. The Kier molecular flexibility index (Phi) is 3.35. The maximum atomic E-state index is 5.40. The molecule has 0 aliphatic carbocycles. The lowest BCUT2D eigenvalue weighted by molar-refractivity contribution is 0.164. The van der Waals surface area contributed by atoms with Crippen LogP contribution >= 0.6 is 0 Å². The average Bonchev–Trinajstić information content (AvgIpc) is 2.76. The molecule has 82 valence electrons. The van der Waals surface area contributed by atoms with Gasteiger partial charge in [0.2, 0.25) is 0 Å². The van der Waals surface area contributed by atoms with E-state index in [9.17, 15) is 0 Å². The fourth-order valence-corrected chi connectivity index (χ4v) is 1.10. The number of nitrogens with zero attached hydrogens (tertiary/aromatic N) is 4. The van der Waals surface area contributed by atoms with E-state index in [2.05, 4.69) is 19.9 Å². The lowest BCUT2D eigenvalue weighted by Crippen LogP contribution is -1.84. The van der Waals surface area contributed by atoms with Crippen molar-refractivity contribution in [2.24, 2.45) is 4.99 Å². The fourth-order valence-electron chi connectivity index (χ4n) is 1.10. The van der Waals surface area contributed by atoms with Gasteiger partial charge in [0.05, 0.1) is 6.21 Å². The van der Waals surface area contributed by atoms with E-state index in [0.717, 1.165) is 5.76 Å². The summed E-state index contributed by atoms with van der Waals surface area (Å²) in [4.78, 5) is 15.4. The molecular weight excluding hydrogens is 208 g/mol. The van der Waals surface area contributed by atoms with E-state index in [-0.39, 0.29) is 0 Å². The van der Waals surface area contributed by atoms with Crippen LogP contribution in [0.4, 0.5) is 5.95 Å². The zero-order valence-electron chi connectivity index (χ0n) is 8.70. The van der Waals surface area contributed by atoms with Crippen LogP contribution in [-0.2, 0) is 11.3 Å². The topological polar surface area (TPSA) is 73.4 Å². The van der Waals surface area contributed by atoms with Crippen molar-refractivity contribution in [2.45, 2.75) is 6.61 Å². The van der Waals surface area contributed by atoms with Crippen LogP contribution in [0.1, 0.15) is 11.5 Å². The first-order valence-electron chi connectivity index (χ1n) is 4.62. The van der Waals surface area contributed by atoms with Gasteiger partial charge in [-0.3, -0.25) is 0 Å². The van der Waals surface area contributed by atoms with E-state index in [1.54, 1.807) is 19.4 Å². The van der Waals surface area contributed by atoms with E-state index >= 15 is 0 Å². The lowest BCUT2D eigenvalue weighted by atomic mass is 10.4. The normalized spacial score (nSPS) is 11.1. The van der Waals surface area contributed by atoms with Crippen LogP contribution in [0, 0.1) is 0 Å². The molecule has 0 unspecified atom stereocenters. The molecule has 0 aliphatic heterocycles. The Morgan fingerprint density at radius 1 is 1.38 bits per heavy atom. The van der Waals surface area contributed by atoms with Crippen molar-refractivity contribution in [2.75, 3.05) is 7.11 Å². The van der Waals surface area contributed by atoms with Gasteiger partial charge in [-0.1, -0.05) is 0 Å². The Labute approximate surface area is 92.0 Å². The van der Waals surface area contributed by atoms with Crippen LogP contribution in [0.2, 0.25) is 0 Å². The second-order valence-corrected chi connectivity index (χ2v) is 2.93. The van der Waals surface area contributed by atoms with Crippen molar-refractivity contribution in [3.63, 3.8) is 0 Å². The third-order valence-electron chi connectivity index (χ3n) is 1.76. The molecule has 0 N–H and O–H groups in total. The van der Waals surface area contributed by atoms with Crippen molar-refractivity contribution in [1.29, 1.82) is 0 Å². The molecule has 0 saturated heterocycles. The largest absolute Gasteiger partial charge is 0.458 e. The molecule has 0 saturated carbocycles. The van der Waals surface area contributed by atoms with E-state index in [4.69, 9.17) is 9.15 Å². The zero-order chi connectivity index (χ0) is 11.2. The zero-order valence-corrected chi connectivity index (χ0v) is 8.70. The number of hydrogen-bond donors (Lipinski definition) is 0. The third-order valence-corrected chi connectivity index (χ3v) is 1.76. The summed E-state index contributed by atoms with van der Waals surface area (Å²) in [6.07, 6.45) is 4.32. The lowest BCUT2D eigenvalue weighted by Gasteiger charge is -1.91. The molecule has 16 heavy (non-hydrogen) atoms. The molecule has 0 fully saturated rings. The first kappa shape index (κ1) is 10.4. The van der Waals surface area contributed by atoms with Crippen LogP contribution in [-0.4, -0.2) is 28.3 Å². The first-order valence-corrected chi connectivity index (χ1v) is 4.62. The third kappa shape index (κ3) is 2.71. The summed E-state index contributed by atoms with van der Waals surface area (Å²) < 4.78 is 10.3.